The van der Waals surface area contributed by atoms with Gasteiger partial charge >= 0.3 is 5.97 Å². The fourth-order valence-corrected chi connectivity index (χ4v) is 1.90. The average Bonchev–Trinajstić information content (AvgIpc) is 2.80. The third-order valence-corrected chi connectivity index (χ3v) is 2.95. The molecule has 1 unspecified atom stereocenters. The van der Waals surface area contributed by atoms with Crippen molar-refractivity contribution in [1.29, 1.82) is 0 Å². The van der Waals surface area contributed by atoms with Gasteiger partial charge in [0.2, 0.25) is 0 Å². The first-order valence-corrected chi connectivity index (χ1v) is 6.03. The maximum absolute atomic E-state index is 11.4. The maximum Gasteiger partial charge on any atom is 0.308 e. The Labute approximate surface area is 111 Å². The van der Waals surface area contributed by atoms with E-state index in [1.807, 2.05) is 30.3 Å². The third kappa shape index (κ3) is 2.93. The van der Waals surface area contributed by atoms with Gasteiger partial charge in [-0.2, -0.15) is 0 Å². The number of nitrogens with zero attached hydrogens (tertiary/aromatic N) is 2. The van der Waals surface area contributed by atoms with Gasteiger partial charge in [-0.05, 0) is 6.07 Å². The van der Waals surface area contributed by atoms with Gasteiger partial charge in [0, 0.05) is 12.0 Å². The first-order valence-electron chi connectivity index (χ1n) is 6.03. The lowest BCUT2D eigenvalue weighted by Gasteiger charge is -2.07. The topological polar surface area (TPSA) is 64.3 Å². The van der Waals surface area contributed by atoms with Crippen molar-refractivity contribution in [2.75, 3.05) is 7.11 Å². The Bertz CT molecular complexity index is 563. The molecule has 1 atom stereocenters. The molecule has 2 aromatic rings. The number of esters is 1. The number of rotatable bonds is 4. The van der Waals surface area contributed by atoms with E-state index in [-0.39, 0.29) is 11.9 Å². The molecule has 2 rings (SSSR count). The van der Waals surface area contributed by atoms with Crippen LogP contribution in [0.5, 0.6) is 0 Å². The van der Waals surface area contributed by atoms with Crippen molar-refractivity contribution in [2.45, 2.75) is 13.3 Å². The van der Waals surface area contributed by atoms with E-state index in [1.54, 1.807) is 13.0 Å². The standard InChI is InChI=1S/C14H16N2O3/c1-10(14(17)19-2)8-12-9-13(15-16(12)18)11-6-4-3-5-7-11/h3-7,9-10,18H,8H2,1-2H3. The van der Waals surface area contributed by atoms with Gasteiger partial charge in [-0.15, -0.1) is 9.94 Å². The number of benzene rings is 1. The first-order chi connectivity index (χ1) is 9.11. The molecule has 19 heavy (non-hydrogen) atoms. The summed E-state index contributed by atoms with van der Waals surface area (Å²) in [4.78, 5) is 12.2. The van der Waals surface area contributed by atoms with Crippen LogP contribution in [0.4, 0.5) is 0 Å². The Balaban J connectivity index is 2.20. The lowest BCUT2D eigenvalue weighted by molar-refractivity contribution is -0.144. The molecule has 100 valence electrons. The monoisotopic (exact) mass is 260 g/mol. The molecular formula is C14H16N2O3. The van der Waals surface area contributed by atoms with Crippen LogP contribution in [0.2, 0.25) is 0 Å². The average molecular weight is 260 g/mol. The predicted molar refractivity (Wildman–Crippen MR) is 69.7 cm³/mol. The highest BCUT2D eigenvalue weighted by molar-refractivity contribution is 5.72. The smallest absolute Gasteiger partial charge is 0.308 e. The number of ether oxygens (including phenoxy) is 1. The Kier molecular flexibility index (Phi) is 3.85. The van der Waals surface area contributed by atoms with Crippen LogP contribution in [-0.4, -0.2) is 28.2 Å². The molecule has 5 nitrogen and oxygen atoms in total. The van der Waals surface area contributed by atoms with E-state index in [4.69, 9.17) is 0 Å². The van der Waals surface area contributed by atoms with Gasteiger partial charge in [0.1, 0.15) is 0 Å². The maximum atomic E-state index is 11.4. The summed E-state index contributed by atoms with van der Waals surface area (Å²) in [5, 5.41) is 13.8. The molecule has 0 aliphatic heterocycles. The highest BCUT2D eigenvalue weighted by Gasteiger charge is 2.18. The summed E-state index contributed by atoms with van der Waals surface area (Å²) >= 11 is 0. The molecule has 0 radical (unpaired) electrons. The molecule has 1 aromatic carbocycles. The second-order valence-corrected chi connectivity index (χ2v) is 4.40. The number of carbonyl (C=O) groups is 1. The number of hydrogen-bond acceptors (Lipinski definition) is 4. The molecular weight excluding hydrogens is 244 g/mol. The molecule has 5 heteroatoms. The quantitative estimate of drug-likeness (QED) is 0.675. The minimum atomic E-state index is -0.323. The predicted octanol–water partition coefficient (Wildman–Crippen LogP) is 2.14. The van der Waals surface area contributed by atoms with Crippen molar-refractivity contribution in [3.63, 3.8) is 0 Å². The Morgan fingerprint density at radius 1 is 1.42 bits per heavy atom. The Hall–Kier alpha value is -2.30. The lowest BCUT2D eigenvalue weighted by atomic mass is 10.1. The van der Waals surface area contributed by atoms with Crippen LogP contribution in [0.1, 0.15) is 12.6 Å². The van der Waals surface area contributed by atoms with Crippen molar-refractivity contribution in [1.82, 2.24) is 9.94 Å². The normalized spacial score (nSPS) is 12.1. The van der Waals surface area contributed by atoms with Gasteiger partial charge < -0.3 is 9.94 Å². The molecule has 1 heterocycles. The van der Waals surface area contributed by atoms with Gasteiger partial charge in [0.15, 0.2) is 0 Å². The molecule has 0 aliphatic carbocycles. The molecule has 0 aliphatic rings. The van der Waals surface area contributed by atoms with Crippen molar-refractivity contribution in [3.8, 4) is 11.3 Å². The summed E-state index contributed by atoms with van der Waals surface area (Å²) in [6.07, 6.45) is 0.378. The zero-order valence-electron chi connectivity index (χ0n) is 10.9. The highest BCUT2D eigenvalue weighted by atomic mass is 16.5. The largest absolute Gasteiger partial charge is 0.469 e. The molecule has 0 fully saturated rings. The van der Waals surface area contributed by atoms with Crippen LogP contribution in [0.3, 0.4) is 0 Å². The van der Waals surface area contributed by atoms with E-state index in [9.17, 15) is 10.0 Å². The van der Waals surface area contributed by atoms with E-state index >= 15 is 0 Å². The molecule has 0 bridgehead atoms. The van der Waals surface area contributed by atoms with Crippen molar-refractivity contribution < 1.29 is 14.7 Å². The third-order valence-electron chi connectivity index (χ3n) is 2.95. The van der Waals surface area contributed by atoms with Gasteiger partial charge in [-0.25, -0.2) is 0 Å². The first kappa shape index (κ1) is 13.1. The minimum Gasteiger partial charge on any atom is -0.469 e. The van der Waals surface area contributed by atoms with Crippen molar-refractivity contribution >= 4 is 5.97 Å². The zero-order chi connectivity index (χ0) is 13.8. The summed E-state index contributed by atoms with van der Waals surface area (Å²) in [7, 11) is 1.35. The highest BCUT2D eigenvalue weighted by Crippen LogP contribution is 2.20. The fraction of sp³-hybridized carbons (Fsp3) is 0.286. The Morgan fingerprint density at radius 3 is 2.74 bits per heavy atom. The molecule has 0 saturated carbocycles. The molecule has 0 saturated heterocycles. The van der Waals surface area contributed by atoms with Crippen LogP contribution in [0.25, 0.3) is 11.3 Å². The van der Waals surface area contributed by atoms with Crippen LogP contribution in [0, 0.1) is 5.92 Å². The summed E-state index contributed by atoms with van der Waals surface area (Å²) in [6, 6.07) is 11.3. The Morgan fingerprint density at radius 2 is 2.11 bits per heavy atom. The minimum absolute atomic E-state index is 0.303. The molecule has 1 aromatic heterocycles. The van der Waals surface area contributed by atoms with E-state index in [2.05, 4.69) is 9.84 Å². The number of hydrogen-bond donors (Lipinski definition) is 1. The molecule has 0 amide bonds. The van der Waals surface area contributed by atoms with Gasteiger partial charge in [0.25, 0.3) is 0 Å². The van der Waals surface area contributed by atoms with Crippen molar-refractivity contribution in [2.24, 2.45) is 5.92 Å². The zero-order valence-corrected chi connectivity index (χ0v) is 10.9. The molecule has 0 spiro atoms. The molecule has 1 N–H and O–H groups in total. The van der Waals surface area contributed by atoms with Gasteiger partial charge in [0.05, 0.1) is 24.4 Å². The number of carbonyl (C=O) groups excluding carboxylic acids is 1. The van der Waals surface area contributed by atoms with Crippen LogP contribution in [-0.2, 0) is 16.0 Å². The van der Waals surface area contributed by atoms with Crippen LogP contribution in [0.15, 0.2) is 36.4 Å². The van der Waals surface area contributed by atoms with E-state index in [1.165, 1.54) is 7.11 Å². The van der Waals surface area contributed by atoms with Crippen LogP contribution >= 0.6 is 0 Å². The van der Waals surface area contributed by atoms with Crippen LogP contribution < -0.4 is 0 Å². The van der Waals surface area contributed by atoms with E-state index in [0.29, 0.717) is 17.8 Å². The van der Waals surface area contributed by atoms with Gasteiger partial charge in [-0.3, -0.25) is 4.79 Å². The van der Waals surface area contributed by atoms with Crippen molar-refractivity contribution in [3.05, 3.63) is 42.1 Å². The van der Waals surface area contributed by atoms with E-state index in [0.717, 1.165) is 10.4 Å². The second kappa shape index (κ2) is 5.56. The second-order valence-electron chi connectivity index (χ2n) is 4.40. The number of aromatic nitrogens is 2. The lowest BCUT2D eigenvalue weighted by Crippen LogP contribution is -2.16. The van der Waals surface area contributed by atoms with E-state index < -0.39 is 0 Å². The summed E-state index contributed by atoms with van der Waals surface area (Å²) in [5.41, 5.74) is 2.18. The SMILES string of the molecule is COC(=O)C(C)Cc1cc(-c2ccccc2)nn1O. The van der Waals surface area contributed by atoms with Gasteiger partial charge in [-0.1, -0.05) is 37.3 Å². The summed E-state index contributed by atoms with van der Waals surface area (Å²) in [5.74, 6) is -0.626. The number of methoxy groups -OCH3 is 1. The fourth-order valence-electron chi connectivity index (χ4n) is 1.90. The summed E-state index contributed by atoms with van der Waals surface area (Å²) < 4.78 is 4.67. The summed E-state index contributed by atoms with van der Waals surface area (Å²) in [6.45, 7) is 1.75.